The molecule has 0 N–H and O–H groups in total. The van der Waals surface area contributed by atoms with Gasteiger partial charge in [0.1, 0.15) is 11.9 Å². The number of benzene rings is 1. The van der Waals surface area contributed by atoms with E-state index in [1.165, 1.54) is 11.9 Å². The Morgan fingerprint density at radius 1 is 1.55 bits per heavy atom. The molecule has 1 amide bonds. The molecule has 0 saturated heterocycles. The molecule has 0 aliphatic carbocycles. The Morgan fingerprint density at radius 3 is 2.95 bits per heavy atom. The number of hydrogen-bond donors (Lipinski definition) is 0. The van der Waals surface area contributed by atoms with Crippen molar-refractivity contribution < 1.29 is 13.6 Å². The number of oxazole rings is 1. The van der Waals surface area contributed by atoms with E-state index in [9.17, 15) is 9.18 Å². The van der Waals surface area contributed by atoms with Crippen LogP contribution in [0.1, 0.15) is 23.6 Å². The maximum absolute atomic E-state index is 13.9. The van der Waals surface area contributed by atoms with Gasteiger partial charge in [-0.15, -0.1) is 0 Å². The van der Waals surface area contributed by atoms with Gasteiger partial charge in [0.15, 0.2) is 5.89 Å². The Morgan fingerprint density at radius 2 is 2.27 bits per heavy atom. The standard InChI is InChI=1S/C15H13BrFN3O2/c1-9-19-12(8-18)15(22-9)20(2)13(21)7-6-10-4-3-5-11(16)14(10)17/h3-5H,6-7H2,1-2H3. The second-order valence-corrected chi connectivity index (χ2v) is 5.52. The molecule has 0 spiro atoms. The molecule has 2 rings (SSSR count). The minimum Gasteiger partial charge on any atom is -0.423 e. The SMILES string of the molecule is Cc1nc(C#N)c(N(C)C(=O)CCc2cccc(Br)c2F)o1. The molecule has 1 aromatic heterocycles. The van der Waals surface area contributed by atoms with Gasteiger partial charge in [0.25, 0.3) is 0 Å². The number of hydrogen-bond acceptors (Lipinski definition) is 4. The van der Waals surface area contributed by atoms with Crippen LogP contribution in [0.5, 0.6) is 0 Å². The van der Waals surface area contributed by atoms with Crippen LogP contribution in [-0.2, 0) is 11.2 Å². The summed E-state index contributed by atoms with van der Waals surface area (Å²) >= 11 is 3.11. The fraction of sp³-hybridized carbons (Fsp3) is 0.267. The Hall–Kier alpha value is -2.20. The van der Waals surface area contributed by atoms with E-state index >= 15 is 0 Å². The van der Waals surface area contributed by atoms with Crippen molar-refractivity contribution in [3.05, 3.63) is 45.6 Å². The molecular formula is C15H13BrFN3O2. The summed E-state index contributed by atoms with van der Waals surface area (Å²) in [6.45, 7) is 1.60. The number of halogens is 2. The lowest BCUT2D eigenvalue weighted by molar-refractivity contribution is -0.118. The third-order valence-electron chi connectivity index (χ3n) is 3.14. The Bertz CT molecular complexity index is 752. The smallest absolute Gasteiger partial charge is 0.241 e. The average Bonchev–Trinajstić information content (AvgIpc) is 2.88. The van der Waals surface area contributed by atoms with Crippen LogP contribution in [0, 0.1) is 24.1 Å². The molecule has 1 heterocycles. The highest BCUT2D eigenvalue weighted by molar-refractivity contribution is 9.10. The largest absolute Gasteiger partial charge is 0.423 e. The van der Waals surface area contributed by atoms with E-state index in [1.54, 1.807) is 25.1 Å². The topological polar surface area (TPSA) is 70.1 Å². The first-order valence-electron chi connectivity index (χ1n) is 6.51. The van der Waals surface area contributed by atoms with Gasteiger partial charge in [-0.05, 0) is 34.0 Å². The van der Waals surface area contributed by atoms with Crippen molar-refractivity contribution in [3.63, 3.8) is 0 Å². The number of rotatable bonds is 4. The zero-order chi connectivity index (χ0) is 16.3. The van der Waals surface area contributed by atoms with Gasteiger partial charge in [-0.1, -0.05) is 12.1 Å². The number of anilines is 1. The van der Waals surface area contributed by atoms with Gasteiger partial charge in [-0.3, -0.25) is 9.69 Å². The highest BCUT2D eigenvalue weighted by Crippen LogP contribution is 2.22. The average molecular weight is 366 g/mol. The molecule has 114 valence electrons. The second-order valence-electron chi connectivity index (χ2n) is 4.66. The molecule has 5 nitrogen and oxygen atoms in total. The van der Waals surface area contributed by atoms with Gasteiger partial charge >= 0.3 is 0 Å². The number of carbonyl (C=O) groups is 1. The van der Waals surface area contributed by atoms with Crippen molar-refractivity contribution in [2.75, 3.05) is 11.9 Å². The molecule has 7 heteroatoms. The molecular weight excluding hydrogens is 353 g/mol. The van der Waals surface area contributed by atoms with E-state index in [-0.39, 0.29) is 36.1 Å². The first-order chi connectivity index (χ1) is 10.4. The molecule has 0 fully saturated rings. The summed E-state index contributed by atoms with van der Waals surface area (Å²) in [6, 6.07) is 6.82. The van der Waals surface area contributed by atoms with Gasteiger partial charge in [-0.25, -0.2) is 9.37 Å². The Balaban J connectivity index is 2.09. The number of aromatic nitrogens is 1. The monoisotopic (exact) mass is 365 g/mol. The maximum Gasteiger partial charge on any atom is 0.241 e. The predicted octanol–water partition coefficient (Wildman–Crippen LogP) is 3.35. The fourth-order valence-electron chi connectivity index (χ4n) is 1.98. The van der Waals surface area contributed by atoms with Crippen molar-refractivity contribution in [3.8, 4) is 6.07 Å². The van der Waals surface area contributed by atoms with Crippen molar-refractivity contribution in [1.29, 1.82) is 5.26 Å². The van der Waals surface area contributed by atoms with E-state index in [0.29, 0.717) is 15.9 Å². The summed E-state index contributed by atoms with van der Waals surface area (Å²) in [6.07, 6.45) is 0.345. The van der Waals surface area contributed by atoms with E-state index in [1.807, 2.05) is 6.07 Å². The van der Waals surface area contributed by atoms with Crippen LogP contribution in [0.15, 0.2) is 27.1 Å². The van der Waals surface area contributed by atoms with Crippen LogP contribution in [-0.4, -0.2) is 17.9 Å². The van der Waals surface area contributed by atoms with E-state index in [0.717, 1.165) is 0 Å². The van der Waals surface area contributed by atoms with Crippen LogP contribution in [0.25, 0.3) is 0 Å². The second kappa shape index (κ2) is 6.71. The number of carbonyl (C=O) groups excluding carboxylic acids is 1. The van der Waals surface area contributed by atoms with Crippen molar-refractivity contribution >= 4 is 27.7 Å². The predicted molar refractivity (Wildman–Crippen MR) is 81.8 cm³/mol. The highest BCUT2D eigenvalue weighted by atomic mass is 79.9. The van der Waals surface area contributed by atoms with E-state index in [4.69, 9.17) is 9.68 Å². The molecule has 0 aliphatic rings. The van der Waals surface area contributed by atoms with Gasteiger partial charge in [0, 0.05) is 20.4 Å². The third-order valence-corrected chi connectivity index (χ3v) is 3.75. The molecule has 2 aromatic rings. The normalized spacial score (nSPS) is 10.3. The van der Waals surface area contributed by atoms with Crippen molar-refractivity contribution in [2.24, 2.45) is 0 Å². The molecule has 0 atom stereocenters. The van der Waals surface area contributed by atoms with Crippen molar-refractivity contribution in [2.45, 2.75) is 19.8 Å². The number of nitrogens with zero attached hydrogens (tertiary/aromatic N) is 3. The lowest BCUT2D eigenvalue weighted by Crippen LogP contribution is -2.26. The third kappa shape index (κ3) is 3.34. The minimum absolute atomic E-state index is 0.0574. The minimum atomic E-state index is -0.369. The molecule has 0 radical (unpaired) electrons. The van der Waals surface area contributed by atoms with Crippen molar-refractivity contribution in [1.82, 2.24) is 4.98 Å². The molecule has 22 heavy (non-hydrogen) atoms. The zero-order valence-corrected chi connectivity index (χ0v) is 13.6. The summed E-state index contributed by atoms with van der Waals surface area (Å²) in [5.41, 5.74) is 0.507. The molecule has 0 aliphatic heterocycles. The fourth-order valence-corrected chi connectivity index (χ4v) is 2.39. The lowest BCUT2D eigenvalue weighted by atomic mass is 10.1. The highest BCUT2D eigenvalue weighted by Gasteiger charge is 2.20. The Kier molecular flexibility index (Phi) is 4.93. The van der Waals surface area contributed by atoms with E-state index < -0.39 is 0 Å². The van der Waals surface area contributed by atoms with Crippen LogP contribution in [0.3, 0.4) is 0 Å². The van der Waals surface area contributed by atoms with Gasteiger partial charge in [-0.2, -0.15) is 5.26 Å². The number of nitriles is 1. The first kappa shape index (κ1) is 16.2. The first-order valence-corrected chi connectivity index (χ1v) is 7.30. The quantitative estimate of drug-likeness (QED) is 0.832. The Labute approximate surface area is 135 Å². The maximum atomic E-state index is 13.9. The lowest BCUT2D eigenvalue weighted by Gasteiger charge is -2.14. The van der Waals surface area contributed by atoms with Gasteiger partial charge < -0.3 is 4.42 Å². The van der Waals surface area contributed by atoms with Crippen LogP contribution in [0.4, 0.5) is 10.3 Å². The van der Waals surface area contributed by atoms with Gasteiger partial charge in [0.05, 0.1) is 4.47 Å². The summed E-state index contributed by atoms with van der Waals surface area (Å²) in [5, 5.41) is 8.97. The van der Waals surface area contributed by atoms with Crippen LogP contribution >= 0.6 is 15.9 Å². The zero-order valence-electron chi connectivity index (χ0n) is 12.1. The van der Waals surface area contributed by atoms with Gasteiger partial charge in [0.2, 0.25) is 17.5 Å². The summed E-state index contributed by atoms with van der Waals surface area (Å²) < 4.78 is 19.5. The summed E-state index contributed by atoms with van der Waals surface area (Å²) in [5.74, 6) is -0.234. The molecule has 0 bridgehead atoms. The van der Waals surface area contributed by atoms with E-state index in [2.05, 4.69) is 20.9 Å². The van der Waals surface area contributed by atoms with Crippen LogP contribution < -0.4 is 4.90 Å². The number of aryl methyl sites for hydroxylation is 2. The number of amides is 1. The summed E-state index contributed by atoms with van der Waals surface area (Å²) in [4.78, 5) is 17.3. The molecule has 0 saturated carbocycles. The molecule has 1 aromatic carbocycles. The summed E-state index contributed by atoms with van der Waals surface area (Å²) in [7, 11) is 1.50. The van der Waals surface area contributed by atoms with Crippen LogP contribution in [0.2, 0.25) is 0 Å². The molecule has 0 unspecified atom stereocenters.